The van der Waals surface area contributed by atoms with E-state index in [-0.39, 0.29) is 17.9 Å². The number of hydrogen-bond donors (Lipinski definition) is 2. The standard InChI is InChI=1S/C13H22N2O3/c16-11(17)9-13(5-2-1-3-6-13)10-15-8-4-7-14-12(15)18/h1-10H2,(H,14,18)(H,16,17). The molecule has 0 bridgehead atoms. The summed E-state index contributed by atoms with van der Waals surface area (Å²) in [6.45, 7) is 2.10. The molecule has 5 heteroatoms. The van der Waals surface area contributed by atoms with Crippen LogP contribution in [0.4, 0.5) is 4.79 Å². The summed E-state index contributed by atoms with van der Waals surface area (Å²) < 4.78 is 0. The molecule has 0 aromatic heterocycles. The van der Waals surface area contributed by atoms with Gasteiger partial charge in [-0.1, -0.05) is 19.3 Å². The van der Waals surface area contributed by atoms with Gasteiger partial charge < -0.3 is 15.3 Å². The Bertz CT molecular complexity index is 324. The third-order valence-electron chi connectivity index (χ3n) is 4.13. The minimum absolute atomic E-state index is 0.0309. The first-order chi connectivity index (χ1) is 8.61. The van der Waals surface area contributed by atoms with Crippen LogP contribution in [-0.2, 0) is 4.79 Å². The molecular formula is C13H22N2O3. The molecule has 1 aliphatic heterocycles. The van der Waals surface area contributed by atoms with Crippen molar-refractivity contribution >= 4 is 12.0 Å². The van der Waals surface area contributed by atoms with Gasteiger partial charge in [-0.25, -0.2) is 4.79 Å². The van der Waals surface area contributed by atoms with Crippen molar-refractivity contribution in [2.75, 3.05) is 19.6 Å². The maximum Gasteiger partial charge on any atom is 0.317 e. The monoisotopic (exact) mass is 254 g/mol. The van der Waals surface area contributed by atoms with E-state index in [2.05, 4.69) is 5.32 Å². The summed E-state index contributed by atoms with van der Waals surface area (Å²) in [5, 5.41) is 11.9. The van der Waals surface area contributed by atoms with E-state index >= 15 is 0 Å². The van der Waals surface area contributed by atoms with Gasteiger partial charge in [0.2, 0.25) is 0 Å². The minimum atomic E-state index is -0.741. The predicted octanol–water partition coefficient (Wildman–Crippen LogP) is 1.83. The van der Waals surface area contributed by atoms with Crippen LogP contribution < -0.4 is 5.32 Å². The molecule has 1 saturated carbocycles. The van der Waals surface area contributed by atoms with Gasteiger partial charge in [0, 0.05) is 19.6 Å². The molecule has 18 heavy (non-hydrogen) atoms. The third-order valence-corrected chi connectivity index (χ3v) is 4.13. The van der Waals surface area contributed by atoms with Crippen LogP contribution in [0.5, 0.6) is 0 Å². The molecule has 2 aliphatic rings. The summed E-state index contributed by atoms with van der Waals surface area (Å²) in [5.41, 5.74) is -0.196. The quantitative estimate of drug-likeness (QED) is 0.804. The lowest BCUT2D eigenvalue weighted by atomic mass is 9.71. The highest BCUT2D eigenvalue weighted by molar-refractivity contribution is 5.75. The lowest BCUT2D eigenvalue weighted by Crippen LogP contribution is -2.51. The SMILES string of the molecule is O=C(O)CC1(CN2CCCNC2=O)CCCCC1. The predicted molar refractivity (Wildman–Crippen MR) is 67.4 cm³/mol. The van der Waals surface area contributed by atoms with Gasteiger partial charge in [0.15, 0.2) is 0 Å². The summed E-state index contributed by atoms with van der Waals surface area (Å²) in [5.74, 6) is -0.741. The third kappa shape index (κ3) is 3.15. The highest BCUT2D eigenvalue weighted by Crippen LogP contribution is 2.40. The number of carbonyl (C=O) groups is 2. The molecule has 2 amide bonds. The number of carboxylic acid groups (broad SMARTS) is 1. The van der Waals surface area contributed by atoms with Crippen molar-refractivity contribution < 1.29 is 14.7 Å². The Balaban J connectivity index is 2.03. The first kappa shape index (κ1) is 13.2. The molecule has 2 N–H and O–H groups in total. The number of amides is 2. The van der Waals surface area contributed by atoms with Crippen LogP contribution in [0.1, 0.15) is 44.9 Å². The topological polar surface area (TPSA) is 69.6 Å². The fourth-order valence-electron chi connectivity index (χ4n) is 3.25. The average molecular weight is 254 g/mol. The zero-order chi connectivity index (χ0) is 13.0. The van der Waals surface area contributed by atoms with Crippen molar-refractivity contribution in [3.05, 3.63) is 0 Å². The maximum atomic E-state index is 11.8. The Morgan fingerprint density at radius 1 is 1.28 bits per heavy atom. The molecule has 102 valence electrons. The maximum absolute atomic E-state index is 11.8. The first-order valence-corrected chi connectivity index (χ1v) is 6.86. The Hall–Kier alpha value is -1.26. The van der Waals surface area contributed by atoms with E-state index in [1.165, 1.54) is 6.42 Å². The number of rotatable bonds is 4. The van der Waals surface area contributed by atoms with Crippen molar-refractivity contribution in [2.45, 2.75) is 44.9 Å². The van der Waals surface area contributed by atoms with Crippen LogP contribution in [0.15, 0.2) is 0 Å². The molecule has 5 nitrogen and oxygen atoms in total. The van der Waals surface area contributed by atoms with E-state index in [9.17, 15) is 9.59 Å². The van der Waals surface area contributed by atoms with Gasteiger partial charge in [0.1, 0.15) is 0 Å². The summed E-state index contributed by atoms with van der Waals surface area (Å²) in [6, 6.07) is -0.0309. The minimum Gasteiger partial charge on any atom is -0.481 e. The van der Waals surface area contributed by atoms with E-state index in [4.69, 9.17) is 5.11 Å². The van der Waals surface area contributed by atoms with Crippen molar-refractivity contribution in [1.29, 1.82) is 0 Å². The number of carboxylic acids is 1. The fourth-order valence-corrected chi connectivity index (χ4v) is 3.25. The van der Waals surface area contributed by atoms with Crippen LogP contribution in [0.25, 0.3) is 0 Å². The van der Waals surface area contributed by atoms with Gasteiger partial charge in [-0.3, -0.25) is 4.79 Å². The largest absolute Gasteiger partial charge is 0.481 e. The first-order valence-electron chi connectivity index (χ1n) is 6.86. The fraction of sp³-hybridized carbons (Fsp3) is 0.846. The molecule has 0 aromatic rings. The van der Waals surface area contributed by atoms with Gasteiger partial charge in [-0.2, -0.15) is 0 Å². The molecule has 2 rings (SSSR count). The van der Waals surface area contributed by atoms with Crippen LogP contribution >= 0.6 is 0 Å². The van der Waals surface area contributed by atoms with Crippen molar-refractivity contribution in [3.63, 3.8) is 0 Å². The molecule has 0 radical (unpaired) electrons. The van der Waals surface area contributed by atoms with Crippen LogP contribution in [0.3, 0.4) is 0 Å². The smallest absolute Gasteiger partial charge is 0.317 e. The number of nitrogens with zero attached hydrogens (tertiary/aromatic N) is 1. The van der Waals surface area contributed by atoms with Crippen LogP contribution in [-0.4, -0.2) is 41.6 Å². The average Bonchev–Trinajstić information content (AvgIpc) is 2.32. The van der Waals surface area contributed by atoms with Gasteiger partial charge in [-0.05, 0) is 24.7 Å². The molecule has 0 atom stereocenters. The van der Waals surface area contributed by atoms with Crippen LogP contribution in [0.2, 0.25) is 0 Å². The Kier molecular flexibility index (Phi) is 4.09. The molecular weight excluding hydrogens is 232 g/mol. The summed E-state index contributed by atoms with van der Waals surface area (Å²) >= 11 is 0. The zero-order valence-electron chi connectivity index (χ0n) is 10.8. The van der Waals surface area contributed by atoms with E-state index in [1.54, 1.807) is 4.90 Å². The van der Waals surface area contributed by atoms with E-state index in [0.29, 0.717) is 6.54 Å². The Morgan fingerprint density at radius 3 is 2.61 bits per heavy atom. The summed E-state index contributed by atoms with van der Waals surface area (Å²) in [4.78, 5) is 24.6. The van der Waals surface area contributed by atoms with Crippen molar-refractivity contribution in [3.8, 4) is 0 Å². The molecule has 1 aliphatic carbocycles. The molecule has 0 aromatic carbocycles. The Morgan fingerprint density at radius 2 is 2.00 bits per heavy atom. The molecule has 1 heterocycles. The number of aliphatic carboxylic acids is 1. The van der Waals surface area contributed by atoms with E-state index in [0.717, 1.165) is 45.2 Å². The Labute approximate surface area is 108 Å². The normalized spacial score (nSPS) is 23.6. The lowest BCUT2D eigenvalue weighted by Gasteiger charge is -2.41. The lowest BCUT2D eigenvalue weighted by molar-refractivity contribution is -0.140. The van der Waals surface area contributed by atoms with Gasteiger partial charge in [-0.15, -0.1) is 0 Å². The summed E-state index contributed by atoms with van der Waals surface area (Å²) in [6.07, 6.45) is 6.37. The van der Waals surface area contributed by atoms with Gasteiger partial charge in [0.25, 0.3) is 0 Å². The second kappa shape index (κ2) is 5.59. The van der Waals surface area contributed by atoms with Crippen molar-refractivity contribution in [1.82, 2.24) is 10.2 Å². The summed E-state index contributed by atoms with van der Waals surface area (Å²) in [7, 11) is 0. The van der Waals surface area contributed by atoms with E-state index < -0.39 is 5.97 Å². The number of urea groups is 1. The van der Waals surface area contributed by atoms with E-state index in [1.807, 2.05) is 0 Å². The number of hydrogen-bond acceptors (Lipinski definition) is 2. The molecule has 1 saturated heterocycles. The molecule has 2 fully saturated rings. The second-order valence-corrected chi connectivity index (χ2v) is 5.64. The van der Waals surface area contributed by atoms with Crippen LogP contribution in [0, 0.1) is 5.41 Å². The van der Waals surface area contributed by atoms with Crippen molar-refractivity contribution in [2.24, 2.45) is 5.41 Å². The highest BCUT2D eigenvalue weighted by Gasteiger charge is 2.37. The number of carbonyl (C=O) groups excluding carboxylic acids is 1. The molecule has 0 unspecified atom stereocenters. The van der Waals surface area contributed by atoms with Gasteiger partial charge >= 0.3 is 12.0 Å². The highest BCUT2D eigenvalue weighted by atomic mass is 16.4. The number of nitrogens with one attached hydrogen (secondary N) is 1. The van der Waals surface area contributed by atoms with Gasteiger partial charge in [0.05, 0.1) is 6.42 Å². The molecule has 0 spiro atoms. The zero-order valence-corrected chi connectivity index (χ0v) is 10.8. The second-order valence-electron chi connectivity index (χ2n) is 5.64.